The van der Waals surface area contributed by atoms with E-state index in [4.69, 9.17) is 9.47 Å². The number of methoxy groups -OCH3 is 1. The maximum absolute atomic E-state index is 12.9. The van der Waals surface area contributed by atoms with Crippen LogP contribution in [0.15, 0.2) is 18.3 Å². The van der Waals surface area contributed by atoms with Crippen LogP contribution in [-0.4, -0.2) is 92.9 Å². The fraction of sp³-hybridized carbons (Fsp3) is 0.714. The highest BCUT2D eigenvalue weighted by molar-refractivity contribution is 5.94. The summed E-state index contributed by atoms with van der Waals surface area (Å²) >= 11 is 0. The number of amides is 1. The van der Waals surface area contributed by atoms with Crippen molar-refractivity contribution in [2.24, 2.45) is 5.92 Å². The number of hydrogen-bond acceptors (Lipinski definition) is 6. The highest BCUT2D eigenvalue weighted by Gasteiger charge is 2.29. The van der Waals surface area contributed by atoms with Crippen molar-refractivity contribution < 1.29 is 14.3 Å². The number of pyridine rings is 1. The Balaban J connectivity index is 1.29. The first-order chi connectivity index (χ1) is 13.7. The summed E-state index contributed by atoms with van der Waals surface area (Å²) in [4.78, 5) is 24.2. The van der Waals surface area contributed by atoms with Crippen molar-refractivity contribution in [2.75, 3.05) is 71.1 Å². The largest absolute Gasteiger partial charge is 0.384 e. The Morgan fingerprint density at radius 1 is 1.14 bits per heavy atom. The van der Waals surface area contributed by atoms with E-state index >= 15 is 0 Å². The second kappa shape index (κ2) is 9.20. The average molecular weight is 389 g/mol. The summed E-state index contributed by atoms with van der Waals surface area (Å²) in [7, 11) is 1.76. The predicted molar refractivity (Wildman–Crippen MR) is 108 cm³/mol. The van der Waals surface area contributed by atoms with E-state index in [1.54, 1.807) is 13.3 Å². The molecular weight excluding hydrogens is 356 g/mol. The van der Waals surface area contributed by atoms with Gasteiger partial charge in [0.05, 0.1) is 25.4 Å². The first-order valence-electron chi connectivity index (χ1n) is 10.6. The molecular formula is C21H32N4O3. The van der Waals surface area contributed by atoms with Gasteiger partial charge >= 0.3 is 0 Å². The monoisotopic (exact) mass is 388 g/mol. The Kier molecular flexibility index (Phi) is 6.44. The maximum atomic E-state index is 12.9. The number of nitrogens with zero attached hydrogens (tertiary/aromatic N) is 4. The zero-order chi connectivity index (χ0) is 19.3. The molecule has 0 bridgehead atoms. The molecule has 28 heavy (non-hydrogen) atoms. The standard InChI is InChI=1S/C21H32N4O3/c1-27-16-17-4-7-25(15-17)20-3-2-18(14-22-20)21(26)24-8-5-19(6-9-24)23-10-12-28-13-11-23/h2-3,14,17,19H,4-13,15-16H2,1H3. The third-order valence-corrected chi connectivity index (χ3v) is 6.32. The molecule has 1 unspecified atom stereocenters. The fourth-order valence-electron chi connectivity index (χ4n) is 4.67. The molecule has 7 nitrogen and oxygen atoms in total. The topological polar surface area (TPSA) is 58.1 Å². The van der Waals surface area contributed by atoms with Gasteiger partial charge in [0.1, 0.15) is 5.82 Å². The minimum Gasteiger partial charge on any atom is -0.384 e. The maximum Gasteiger partial charge on any atom is 0.255 e. The van der Waals surface area contributed by atoms with Gasteiger partial charge in [0.15, 0.2) is 0 Å². The van der Waals surface area contributed by atoms with Gasteiger partial charge in [-0.15, -0.1) is 0 Å². The highest BCUT2D eigenvalue weighted by Crippen LogP contribution is 2.23. The number of anilines is 1. The number of piperidine rings is 1. The second-order valence-corrected chi connectivity index (χ2v) is 8.13. The van der Waals surface area contributed by atoms with Gasteiger partial charge in [-0.25, -0.2) is 4.98 Å². The molecule has 1 amide bonds. The number of ether oxygens (including phenoxy) is 2. The van der Waals surface area contributed by atoms with Crippen molar-refractivity contribution in [3.63, 3.8) is 0 Å². The van der Waals surface area contributed by atoms with Crippen molar-refractivity contribution in [1.82, 2.24) is 14.8 Å². The van der Waals surface area contributed by atoms with Crippen LogP contribution in [0.1, 0.15) is 29.6 Å². The summed E-state index contributed by atoms with van der Waals surface area (Å²) < 4.78 is 10.7. The molecule has 3 aliphatic heterocycles. The molecule has 1 aromatic rings. The molecule has 0 radical (unpaired) electrons. The van der Waals surface area contributed by atoms with Gasteiger partial charge in [-0.3, -0.25) is 9.69 Å². The van der Waals surface area contributed by atoms with Crippen molar-refractivity contribution in [3.05, 3.63) is 23.9 Å². The molecule has 0 aromatic carbocycles. The van der Waals surface area contributed by atoms with E-state index < -0.39 is 0 Å². The van der Waals surface area contributed by atoms with E-state index in [0.717, 1.165) is 84.2 Å². The SMILES string of the molecule is COCC1CCN(c2ccc(C(=O)N3CCC(N4CCOCC4)CC3)cn2)C1. The van der Waals surface area contributed by atoms with Gasteiger partial charge in [-0.2, -0.15) is 0 Å². The smallest absolute Gasteiger partial charge is 0.255 e. The molecule has 7 heteroatoms. The van der Waals surface area contributed by atoms with Gasteiger partial charge in [0, 0.05) is 64.5 Å². The van der Waals surface area contributed by atoms with Crippen LogP contribution in [0.3, 0.4) is 0 Å². The quantitative estimate of drug-likeness (QED) is 0.762. The number of hydrogen-bond donors (Lipinski definition) is 0. The van der Waals surface area contributed by atoms with Crippen LogP contribution in [0.2, 0.25) is 0 Å². The number of carbonyl (C=O) groups excluding carboxylic acids is 1. The Labute approximate surface area is 167 Å². The van der Waals surface area contributed by atoms with Crippen molar-refractivity contribution in [3.8, 4) is 0 Å². The molecule has 3 saturated heterocycles. The van der Waals surface area contributed by atoms with E-state index in [0.29, 0.717) is 17.5 Å². The molecule has 154 valence electrons. The Hall–Kier alpha value is -1.70. The van der Waals surface area contributed by atoms with E-state index in [9.17, 15) is 4.79 Å². The lowest BCUT2D eigenvalue weighted by Crippen LogP contribution is -2.50. The van der Waals surface area contributed by atoms with Crippen molar-refractivity contribution in [1.29, 1.82) is 0 Å². The minimum absolute atomic E-state index is 0.109. The molecule has 0 saturated carbocycles. The Morgan fingerprint density at radius 3 is 2.61 bits per heavy atom. The first kappa shape index (κ1) is 19.6. The van der Waals surface area contributed by atoms with Crippen LogP contribution in [0.25, 0.3) is 0 Å². The Bertz CT molecular complexity index is 640. The van der Waals surface area contributed by atoms with Gasteiger partial charge in [0.2, 0.25) is 0 Å². The summed E-state index contributed by atoms with van der Waals surface area (Å²) in [5, 5.41) is 0. The highest BCUT2D eigenvalue weighted by atomic mass is 16.5. The molecule has 0 spiro atoms. The number of likely N-dealkylation sites (tertiary alicyclic amines) is 1. The number of morpholine rings is 1. The van der Waals surface area contributed by atoms with Gasteiger partial charge in [-0.1, -0.05) is 0 Å². The van der Waals surface area contributed by atoms with Gasteiger partial charge < -0.3 is 19.3 Å². The van der Waals surface area contributed by atoms with Gasteiger partial charge in [0.25, 0.3) is 5.91 Å². The fourth-order valence-corrected chi connectivity index (χ4v) is 4.67. The molecule has 3 fully saturated rings. The third-order valence-electron chi connectivity index (χ3n) is 6.32. The van der Waals surface area contributed by atoms with E-state index in [-0.39, 0.29) is 5.91 Å². The van der Waals surface area contributed by atoms with Crippen molar-refractivity contribution >= 4 is 11.7 Å². The van der Waals surface area contributed by atoms with Crippen LogP contribution in [0.4, 0.5) is 5.82 Å². The lowest BCUT2D eigenvalue weighted by atomic mass is 10.0. The summed E-state index contributed by atoms with van der Waals surface area (Å²) in [5.41, 5.74) is 0.696. The third kappa shape index (κ3) is 4.47. The van der Waals surface area contributed by atoms with E-state index in [1.807, 2.05) is 17.0 Å². The molecule has 0 aliphatic carbocycles. The minimum atomic E-state index is 0.109. The summed E-state index contributed by atoms with van der Waals surface area (Å²) in [6.07, 6.45) is 4.97. The number of aromatic nitrogens is 1. The van der Waals surface area contributed by atoms with Crippen LogP contribution < -0.4 is 4.90 Å². The second-order valence-electron chi connectivity index (χ2n) is 8.13. The van der Waals surface area contributed by atoms with Crippen LogP contribution in [0, 0.1) is 5.92 Å². The molecule has 0 N–H and O–H groups in total. The lowest BCUT2D eigenvalue weighted by molar-refractivity contribution is 0.00158. The first-order valence-corrected chi connectivity index (χ1v) is 10.6. The predicted octanol–water partition coefficient (Wildman–Crippen LogP) is 1.49. The molecule has 4 rings (SSSR count). The zero-order valence-electron chi connectivity index (χ0n) is 16.9. The lowest BCUT2D eigenvalue weighted by Gasteiger charge is -2.40. The summed E-state index contributed by atoms with van der Waals surface area (Å²) in [6.45, 7) is 8.14. The van der Waals surface area contributed by atoms with Crippen LogP contribution in [0.5, 0.6) is 0 Å². The normalized spacial score (nSPS) is 24.7. The van der Waals surface area contributed by atoms with E-state index in [1.165, 1.54) is 0 Å². The summed E-state index contributed by atoms with van der Waals surface area (Å²) in [6, 6.07) is 4.51. The average Bonchev–Trinajstić information content (AvgIpc) is 3.23. The van der Waals surface area contributed by atoms with Gasteiger partial charge in [-0.05, 0) is 31.4 Å². The van der Waals surface area contributed by atoms with E-state index in [2.05, 4.69) is 14.8 Å². The number of rotatable bonds is 5. The Morgan fingerprint density at radius 2 is 1.93 bits per heavy atom. The zero-order valence-corrected chi connectivity index (χ0v) is 16.9. The van der Waals surface area contributed by atoms with Crippen LogP contribution in [-0.2, 0) is 9.47 Å². The molecule has 1 atom stereocenters. The molecule has 1 aromatic heterocycles. The van der Waals surface area contributed by atoms with Crippen LogP contribution >= 0.6 is 0 Å². The van der Waals surface area contributed by atoms with Crippen molar-refractivity contribution in [2.45, 2.75) is 25.3 Å². The number of carbonyl (C=O) groups is 1. The molecule has 4 heterocycles. The molecule has 3 aliphatic rings. The summed E-state index contributed by atoms with van der Waals surface area (Å²) in [5.74, 6) is 1.64.